The molecule has 0 atom stereocenters. The van der Waals surface area contributed by atoms with E-state index in [1.54, 1.807) is 38.5 Å². The van der Waals surface area contributed by atoms with Crippen LogP contribution in [0.5, 0.6) is 0 Å². The van der Waals surface area contributed by atoms with Crippen LogP contribution < -0.4 is 0 Å². The highest BCUT2D eigenvalue weighted by atomic mass is 35.5. The first-order valence-corrected chi connectivity index (χ1v) is 4.48. The van der Waals surface area contributed by atoms with Crippen molar-refractivity contribution in [2.75, 3.05) is 14.1 Å². The van der Waals surface area contributed by atoms with E-state index in [-0.39, 0.29) is 5.91 Å². The van der Waals surface area contributed by atoms with E-state index in [1.165, 1.54) is 11.0 Å². The average Bonchev–Trinajstić information content (AvgIpc) is 2.14. The van der Waals surface area contributed by atoms with Crippen LogP contribution in [-0.4, -0.2) is 29.9 Å². The minimum Gasteiger partial charge on any atom is -0.345 e. The fourth-order valence-corrected chi connectivity index (χ4v) is 0.986. The highest BCUT2D eigenvalue weighted by Gasteiger charge is 1.97. The molecule has 1 amide bonds. The number of carbonyl (C=O) groups excluding carboxylic acids is 1. The fraction of sp³-hybridized carbons (Fsp3) is 0.200. The van der Waals surface area contributed by atoms with Crippen molar-refractivity contribution in [1.29, 1.82) is 0 Å². The van der Waals surface area contributed by atoms with E-state index < -0.39 is 0 Å². The second kappa shape index (κ2) is 4.77. The van der Waals surface area contributed by atoms with Gasteiger partial charge in [0.15, 0.2) is 0 Å². The van der Waals surface area contributed by atoms with E-state index in [0.717, 1.165) is 0 Å². The van der Waals surface area contributed by atoms with Crippen LogP contribution in [0.25, 0.3) is 6.08 Å². The van der Waals surface area contributed by atoms with Gasteiger partial charge in [-0.05, 0) is 18.2 Å². The average molecular weight is 211 g/mol. The highest BCUT2D eigenvalue weighted by Crippen LogP contribution is 2.08. The van der Waals surface area contributed by atoms with Gasteiger partial charge in [0.1, 0.15) is 0 Å². The SMILES string of the molecule is CN(C)C(=O)C=Cc1cc(Cl)ccn1. The summed E-state index contributed by atoms with van der Waals surface area (Å²) in [5.41, 5.74) is 0.674. The Bertz CT molecular complexity index is 361. The molecule has 0 radical (unpaired) electrons. The highest BCUT2D eigenvalue weighted by molar-refractivity contribution is 6.30. The van der Waals surface area contributed by atoms with Crippen molar-refractivity contribution in [3.05, 3.63) is 35.1 Å². The summed E-state index contributed by atoms with van der Waals surface area (Å²) in [6, 6.07) is 3.38. The summed E-state index contributed by atoms with van der Waals surface area (Å²) in [6.07, 6.45) is 4.69. The van der Waals surface area contributed by atoms with Gasteiger partial charge >= 0.3 is 0 Å². The molecule has 1 rings (SSSR count). The predicted octanol–water partition coefficient (Wildman–Crippen LogP) is 1.84. The van der Waals surface area contributed by atoms with Gasteiger partial charge in [0.05, 0.1) is 5.69 Å². The lowest BCUT2D eigenvalue weighted by molar-refractivity contribution is -0.123. The summed E-state index contributed by atoms with van der Waals surface area (Å²) in [4.78, 5) is 16.7. The Morgan fingerprint density at radius 1 is 1.57 bits per heavy atom. The molecule has 0 spiro atoms. The lowest BCUT2D eigenvalue weighted by Gasteiger charge is -2.04. The van der Waals surface area contributed by atoms with Crippen LogP contribution in [-0.2, 0) is 4.79 Å². The zero-order valence-corrected chi connectivity index (χ0v) is 8.82. The number of rotatable bonds is 2. The van der Waals surface area contributed by atoms with Crippen LogP contribution in [0.1, 0.15) is 5.69 Å². The lowest BCUT2D eigenvalue weighted by atomic mass is 10.3. The maximum absolute atomic E-state index is 11.2. The molecule has 3 nitrogen and oxygen atoms in total. The molecule has 4 heteroatoms. The Morgan fingerprint density at radius 3 is 2.86 bits per heavy atom. The molecule has 0 N–H and O–H groups in total. The van der Waals surface area contributed by atoms with E-state index in [4.69, 9.17) is 11.6 Å². The Kier molecular flexibility index (Phi) is 3.65. The van der Waals surface area contributed by atoms with Gasteiger partial charge in [0.25, 0.3) is 0 Å². The summed E-state index contributed by atoms with van der Waals surface area (Å²) >= 11 is 5.75. The molecule has 0 aromatic carbocycles. The summed E-state index contributed by atoms with van der Waals surface area (Å²) < 4.78 is 0. The molecular formula is C10H11ClN2O. The number of carbonyl (C=O) groups is 1. The first-order chi connectivity index (χ1) is 6.59. The monoisotopic (exact) mass is 210 g/mol. The summed E-state index contributed by atoms with van der Waals surface area (Å²) in [7, 11) is 3.39. The zero-order chi connectivity index (χ0) is 10.6. The number of hydrogen-bond donors (Lipinski definition) is 0. The molecule has 0 aliphatic carbocycles. The molecule has 14 heavy (non-hydrogen) atoms. The van der Waals surface area contributed by atoms with Crippen LogP contribution in [0, 0.1) is 0 Å². The standard InChI is InChI=1S/C10H11ClN2O/c1-13(2)10(14)4-3-9-7-8(11)5-6-12-9/h3-7H,1-2H3. The molecule has 1 heterocycles. The van der Waals surface area contributed by atoms with Crippen molar-refractivity contribution in [1.82, 2.24) is 9.88 Å². The number of nitrogens with zero attached hydrogens (tertiary/aromatic N) is 2. The van der Waals surface area contributed by atoms with Gasteiger partial charge in [-0.1, -0.05) is 11.6 Å². The molecule has 74 valence electrons. The molecule has 0 unspecified atom stereocenters. The van der Waals surface area contributed by atoms with Gasteiger partial charge in [-0.3, -0.25) is 9.78 Å². The minimum absolute atomic E-state index is 0.0771. The second-order valence-electron chi connectivity index (χ2n) is 2.96. The van der Waals surface area contributed by atoms with Gasteiger partial charge < -0.3 is 4.90 Å². The molecular weight excluding hydrogens is 200 g/mol. The summed E-state index contributed by atoms with van der Waals surface area (Å²) in [5, 5.41) is 0.608. The van der Waals surface area contributed by atoms with Crippen LogP contribution in [0.4, 0.5) is 0 Å². The lowest BCUT2D eigenvalue weighted by Crippen LogP contribution is -2.18. The van der Waals surface area contributed by atoms with Gasteiger partial charge in [-0.15, -0.1) is 0 Å². The van der Waals surface area contributed by atoms with Crippen molar-refractivity contribution in [2.45, 2.75) is 0 Å². The van der Waals surface area contributed by atoms with Crippen LogP contribution in [0.15, 0.2) is 24.4 Å². The number of amides is 1. The number of halogens is 1. The Balaban J connectivity index is 2.74. The third kappa shape index (κ3) is 3.18. The normalized spacial score (nSPS) is 10.5. The van der Waals surface area contributed by atoms with Crippen LogP contribution in [0.3, 0.4) is 0 Å². The van der Waals surface area contributed by atoms with Crippen LogP contribution >= 0.6 is 11.6 Å². The molecule has 0 saturated heterocycles. The Morgan fingerprint density at radius 2 is 2.29 bits per heavy atom. The van der Waals surface area contributed by atoms with Gasteiger partial charge in [0.2, 0.25) is 5.91 Å². The maximum Gasteiger partial charge on any atom is 0.246 e. The first-order valence-electron chi connectivity index (χ1n) is 4.10. The number of likely N-dealkylation sites (N-methyl/N-ethyl adjacent to an activating group) is 1. The largest absolute Gasteiger partial charge is 0.345 e. The second-order valence-corrected chi connectivity index (χ2v) is 3.40. The minimum atomic E-state index is -0.0771. The Hall–Kier alpha value is -1.35. The topological polar surface area (TPSA) is 33.2 Å². The van der Waals surface area contributed by atoms with E-state index in [9.17, 15) is 4.79 Å². The van der Waals surface area contributed by atoms with Crippen molar-refractivity contribution in [3.63, 3.8) is 0 Å². The first kappa shape index (κ1) is 10.7. The molecule has 1 aromatic heterocycles. The van der Waals surface area contributed by atoms with Gasteiger partial charge in [-0.25, -0.2) is 0 Å². The molecule has 0 bridgehead atoms. The molecule has 1 aromatic rings. The van der Waals surface area contributed by atoms with Gasteiger partial charge in [-0.2, -0.15) is 0 Å². The van der Waals surface area contributed by atoms with Crippen molar-refractivity contribution >= 4 is 23.6 Å². The molecule has 0 aliphatic heterocycles. The maximum atomic E-state index is 11.2. The van der Waals surface area contributed by atoms with Crippen molar-refractivity contribution in [3.8, 4) is 0 Å². The Labute approximate surface area is 88.0 Å². The smallest absolute Gasteiger partial charge is 0.246 e. The summed E-state index contributed by atoms with van der Waals surface area (Å²) in [6.45, 7) is 0. The third-order valence-corrected chi connectivity index (χ3v) is 1.82. The number of aromatic nitrogens is 1. The summed E-state index contributed by atoms with van der Waals surface area (Å²) in [5.74, 6) is -0.0771. The van der Waals surface area contributed by atoms with E-state index in [1.807, 2.05) is 0 Å². The predicted molar refractivity (Wildman–Crippen MR) is 57.0 cm³/mol. The molecule has 0 saturated carbocycles. The van der Waals surface area contributed by atoms with Gasteiger partial charge in [0, 0.05) is 31.4 Å². The zero-order valence-electron chi connectivity index (χ0n) is 8.07. The van der Waals surface area contributed by atoms with Crippen molar-refractivity contribution < 1.29 is 4.79 Å². The van der Waals surface area contributed by atoms with E-state index in [2.05, 4.69) is 4.98 Å². The molecule has 0 aliphatic rings. The van der Waals surface area contributed by atoms with Crippen LogP contribution in [0.2, 0.25) is 5.02 Å². The number of pyridine rings is 1. The van der Waals surface area contributed by atoms with E-state index >= 15 is 0 Å². The quantitative estimate of drug-likeness (QED) is 0.698. The number of hydrogen-bond acceptors (Lipinski definition) is 2. The molecule has 0 fully saturated rings. The van der Waals surface area contributed by atoms with Crippen molar-refractivity contribution in [2.24, 2.45) is 0 Å². The third-order valence-electron chi connectivity index (χ3n) is 1.58. The van der Waals surface area contributed by atoms with E-state index in [0.29, 0.717) is 10.7 Å². The fourth-order valence-electron chi connectivity index (χ4n) is 0.818.